The van der Waals surface area contributed by atoms with Crippen molar-refractivity contribution in [2.24, 2.45) is 4.99 Å². The van der Waals surface area contributed by atoms with Gasteiger partial charge in [-0.25, -0.2) is 4.79 Å². The molecule has 0 aliphatic carbocycles. The molecule has 1 rings (SSSR count). The van der Waals surface area contributed by atoms with Crippen molar-refractivity contribution in [2.75, 3.05) is 0 Å². The summed E-state index contributed by atoms with van der Waals surface area (Å²) in [6.45, 7) is 0. The fourth-order valence-corrected chi connectivity index (χ4v) is 0.414. The smallest absolute Gasteiger partial charge is 0.397 e. The molecule has 1 aromatic rings. The van der Waals surface area contributed by atoms with E-state index < -0.39 is 18.1 Å². The summed E-state index contributed by atoms with van der Waals surface area (Å²) < 4.78 is 39.0. The summed E-state index contributed by atoms with van der Waals surface area (Å²) in [5, 5.41) is 5.40. The molecule has 0 aliphatic heterocycles. The lowest BCUT2D eigenvalue weighted by Crippen LogP contribution is -2.04. The third-order valence-corrected chi connectivity index (χ3v) is 0.798. The molecule has 8 heteroatoms. The second-order valence-electron chi connectivity index (χ2n) is 1.59. The van der Waals surface area contributed by atoms with Crippen LogP contribution in [0.2, 0.25) is 0 Å². The first-order valence-corrected chi connectivity index (χ1v) is 2.52. The Kier molecular flexibility index (Phi) is 1.92. The number of hydrogen-bond donors (Lipinski definition) is 0. The molecule has 1 aromatic heterocycles. The summed E-state index contributed by atoms with van der Waals surface area (Å²) in [5.74, 6) is -1.54. The molecule has 0 saturated carbocycles. The molecule has 5 nitrogen and oxygen atoms in total. The van der Waals surface area contributed by atoms with Crippen LogP contribution in [0.3, 0.4) is 0 Å². The normalized spacial score (nSPS) is 10.9. The fraction of sp³-hybridized carbons (Fsp3) is 0.250. The van der Waals surface area contributed by atoms with Crippen LogP contribution in [0.25, 0.3) is 0 Å². The van der Waals surface area contributed by atoms with Gasteiger partial charge in [-0.3, -0.25) is 0 Å². The highest BCUT2D eigenvalue weighted by molar-refractivity contribution is 5.39. The third-order valence-electron chi connectivity index (χ3n) is 0.798. The maximum Gasteiger partial charge on any atom is 0.470 e. The number of isocyanates is 1. The van der Waals surface area contributed by atoms with Crippen LogP contribution in [0.1, 0.15) is 5.89 Å². The summed E-state index contributed by atoms with van der Waals surface area (Å²) in [7, 11) is 0. The molecule has 0 fully saturated rings. The first-order valence-electron chi connectivity index (χ1n) is 2.52. The van der Waals surface area contributed by atoms with E-state index in [-0.39, 0.29) is 0 Å². The zero-order chi connectivity index (χ0) is 9.19. The molecular formula is C4F3N3O2. The number of rotatable bonds is 1. The summed E-state index contributed by atoms with van der Waals surface area (Å²) in [4.78, 5) is 12.2. The Morgan fingerprint density at radius 3 is 2.50 bits per heavy atom. The Bertz CT molecular complexity index is 325. The van der Waals surface area contributed by atoms with Gasteiger partial charge in [0, 0.05) is 0 Å². The van der Waals surface area contributed by atoms with Crippen LogP contribution >= 0.6 is 0 Å². The molecule has 0 bridgehead atoms. The molecule has 1 heterocycles. The topological polar surface area (TPSA) is 68.3 Å². The van der Waals surface area contributed by atoms with Crippen molar-refractivity contribution < 1.29 is 22.4 Å². The van der Waals surface area contributed by atoms with Crippen molar-refractivity contribution in [2.45, 2.75) is 6.18 Å². The minimum atomic E-state index is -4.72. The van der Waals surface area contributed by atoms with Gasteiger partial charge in [-0.2, -0.15) is 13.2 Å². The molecule has 0 atom stereocenters. The maximum absolute atomic E-state index is 11.7. The number of alkyl halides is 3. The summed E-state index contributed by atoms with van der Waals surface area (Å²) in [6.07, 6.45) is -3.76. The van der Waals surface area contributed by atoms with E-state index in [9.17, 15) is 18.0 Å². The van der Waals surface area contributed by atoms with Crippen LogP contribution in [-0.2, 0) is 11.0 Å². The molecule has 0 amide bonds. The quantitative estimate of drug-likeness (QED) is 0.477. The van der Waals surface area contributed by atoms with Crippen molar-refractivity contribution in [3.05, 3.63) is 5.89 Å². The van der Waals surface area contributed by atoms with Crippen LogP contribution < -0.4 is 0 Å². The largest absolute Gasteiger partial charge is 0.470 e. The Labute approximate surface area is 62.9 Å². The van der Waals surface area contributed by atoms with E-state index in [1.54, 1.807) is 0 Å². The number of carbonyl (C=O) groups excluding carboxylic acids is 1. The van der Waals surface area contributed by atoms with Gasteiger partial charge in [0.1, 0.15) is 0 Å². The highest BCUT2D eigenvalue weighted by Crippen LogP contribution is 2.29. The van der Waals surface area contributed by atoms with Crippen molar-refractivity contribution in [3.8, 4) is 0 Å². The van der Waals surface area contributed by atoms with Gasteiger partial charge in [0.25, 0.3) is 0 Å². The van der Waals surface area contributed by atoms with Gasteiger partial charge < -0.3 is 4.42 Å². The molecule has 0 unspecified atom stereocenters. The Hall–Kier alpha value is -1.69. The highest BCUT2D eigenvalue weighted by Gasteiger charge is 2.38. The fourth-order valence-electron chi connectivity index (χ4n) is 0.414. The predicted octanol–water partition coefficient (Wildman–Crippen LogP) is 1.06. The van der Waals surface area contributed by atoms with Gasteiger partial charge in [0.15, 0.2) is 0 Å². The van der Waals surface area contributed by atoms with Gasteiger partial charge in [-0.05, 0) is 0 Å². The van der Waals surface area contributed by atoms with E-state index in [0.717, 1.165) is 6.08 Å². The molecule has 0 N–H and O–H groups in total. The molecular weight excluding hydrogens is 179 g/mol. The summed E-state index contributed by atoms with van der Waals surface area (Å²) in [5.41, 5.74) is 0. The van der Waals surface area contributed by atoms with E-state index in [1.165, 1.54) is 0 Å². The molecule has 0 saturated heterocycles. The van der Waals surface area contributed by atoms with Crippen LogP contribution in [0.5, 0.6) is 0 Å². The van der Waals surface area contributed by atoms with Gasteiger partial charge in [-0.15, -0.1) is 10.1 Å². The van der Waals surface area contributed by atoms with E-state index in [1.807, 2.05) is 0 Å². The number of nitrogens with zero attached hydrogens (tertiary/aromatic N) is 3. The zero-order valence-electron chi connectivity index (χ0n) is 5.29. The van der Waals surface area contributed by atoms with Crippen LogP contribution in [0.15, 0.2) is 9.41 Å². The van der Waals surface area contributed by atoms with E-state index in [2.05, 4.69) is 19.6 Å². The lowest BCUT2D eigenvalue weighted by Gasteiger charge is -1.95. The van der Waals surface area contributed by atoms with Gasteiger partial charge in [-0.1, -0.05) is 5.10 Å². The molecule has 0 aromatic carbocycles. The average molecular weight is 179 g/mol. The lowest BCUT2D eigenvalue weighted by atomic mass is 10.7. The van der Waals surface area contributed by atoms with Gasteiger partial charge in [0.2, 0.25) is 6.08 Å². The molecule has 64 valence electrons. The number of halogens is 3. The molecule has 0 spiro atoms. The van der Waals surface area contributed by atoms with E-state index in [0.29, 0.717) is 0 Å². The van der Waals surface area contributed by atoms with Crippen LogP contribution in [0.4, 0.5) is 19.2 Å². The second kappa shape index (κ2) is 2.74. The maximum atomic E-state index is 11.7. The minimum absolute atomic E-state index is 0.766. The van der Waals surface area contributed by atoms with Crippen molar-refractivity contribution in [3.63, 3.8) is 0 Å². The van der Waals surface area contributed by atoms with Crippen molar-refractivity contribution in [1.82, 2.24) is 10.2 Å². The molecule has 0 aliphatic rings. The van der Waals surface area contributed by atoms with Gasteiger partial charge in [0.05, 0.1) is 0 Å². The predicted molar refractivity (Wildman–Crippen MR) is 27.1 cm³/mol. The monoisotopic (exact) mass is 179 g/mol. The Balaban J connectivity index is 2.99. The lowest BCUT2D eigenvalue weighted by molar-refractivity contribution is -0.156. The first kappa shape index (κ1) is 8.41. The summed E-state index contributed by atoms with van der Waals surface area (Å²) in [6, 6.07) is -0.766. The molecule has 12 heavy (non-hydrogen) atoms. The minimum Gasteiger partial charge on any atom is -0.397 e. The highest BCUT2D eigenvalue weighted by atomic mass is 19.4. The standard InChI is InChI=1S/C4F3N3O2/c5-4(6,7)2-9-10-3(12-2)8-1-11. The van der Waals surface area contributed by atoms with Crippen LogP contribution in [0, 0.1) is 0 Å². The first-order chi connectivity index (χ1) is 5.54. The van der Waals surface area contributed by atoms with Gasteiger partial charge >= 0.3 is 18.1 Å². The van der Waals surface area contributed by atoms with Crippen LogP contribution in [-0.4, -0.2) is 16.3 Å². The molecule has 0 radical (unpaired) electrons. The second-order valence-corrected chi connectivity index (χ2v) is 1.59. The number of hydrogen-bond acceptors (Lipinski definition) is 5. The van der Waals surface area contributed by atoms with Crippen molar-refractivity contribution in [1.29, 1.82) is 0 Å². The summed E-state index contributed by atoms with van der Waals surface area (Å²) >= 11 is 0. The Morgan fingerprint density at radius 1 is 1.42 bits per heavy atom. The zero-order valence-corrected chi connectivity index (χ0v) is 5.29. The number of aromatic nitrogens is 2. The Morgan fingerprint density at radius 2 is 2.08 bits per heavy atom. The third kappa shape index (κ3) is 1.67. The average Bonchev–Trinajstić information content (AvgIpc) is 2.35. The number of aliphatic imine (C=N–C) groups is 1. The SMILES string of the molecule is O=C=Nc1nnc(C(F)(F)F)o1. The van der Waals surface area contributed by atoms with Crippen molar-refractivity contribution >= 4 is 12.1 Å². The van der Waals surface area contributed by atoms with E-state index in [4.69, 9.17) is 0 Å². The van der Waals surface area contributed by atoms with E-state index >= 15 is 0 Å².